The second-order valence-corrected chi connectivity index (χ2v) is 3.97. The van der Waals surface area contributed by atoms with Crippen molar-refractivity contribution in [2.45, 2.75) is 11.1 Å². The third-order valence-electron chi connectivity index (χ3n) is 1.84. The van der Waals surface area contributed by atoms with Gasteiger partial charge < -0.3 is 15.8 Å². The number of nitrogens with zero attached hydrogens (tertiary/aromatic N) is 2. The maximum atomic E-state index is 10.7. The van der Waals surface area contributed by atoms with E-state index in [0.29, 0.717) is 23.1 Å². The van der Waals surface area contributed by atoms with E-state index in [1.807, 2.05) is 0 Å². The maximum Gasteiger partial charge on any atom is 0.407 e. The van der Waals surface area contributed by atoms with E-state index in [1.54, 1.807) is 6.20 Å². The fraction of sp³-hybridized carbons (Fsp3) is 0.375. The fourth-order valence-electron chi connectivity index (χ4n) is 1.14. The van der Waals surface area contributed by atoms with Crippen molar-refractivity contribution in [2.75, 3.05) is 18.0 Å². The van der Waals surface area contributed by atoms with Crippen LogP contribution in [0.3, 0.4) is 0 Å². The monoisotopic (exact) mass is 226 g/mol. The zero-order valence-electron chi connectivity index (χ0n) is 7.84. The van der Waals surface area contributed by atoms with Gasteiger partial charge in [0, 0.05) is 18.1 Å². The molecule has 0 bridgehead atoms. The highest BCUT2D eigenvalue weighted by Crippen LogP contribution is 2.21. The third-order valence-corrected chi connectivity index (χ3v) is 2.97. The van der Waals surface area contributed by atoms with Crippen LogP contribution in [-0.4, -0.2) is 34.5 Å². The number of nitrogens with two attached hydrogens (primary N) is 1. The number of cyclic esters (lactones) is 1. The van der Waals surface area contributed by atoms with Crippen molar-refractivity contribution in [2.24, 2.45) is 0 Å². The molecule has 0 aromatic carbocycles. The summed E-state index contributed by atoms with van der Waals surface area (Å²) in [4.78, 5) is 18.7. The van der Waals surface area contributed by atoms with Crippen LogP contribution in [0.2, 0.25) is 0 Å². The van der Waals surface area contributed by atoms with Crippen molar-refractivity contribution in [3.63, 3.8) is 0 Å². The van der Waals surface area contributed by atoms with Gasteiger partial charge in [0.2, 0.25) is 0 Å². The van der Waals surface area contributed by atoms with Crippen LogP contribution in [0.5, 0.6) is 0 Å². The first-order valence-electron chi connectivity index (χ1n) is 4.39. The topological polar surface area (TPSA) is 90.1 Å². The first-order valence-corrected chi connectivity index (χ1v) is 5.38. The molecule has 6 nitrogen and oxygen atoms in total. The van der Waals surface area contributed by atoms with Crippen LogP contribution in [0.1, 0.15) is 0 Å². The van der Waals surface area contributed by atoms with Gasteiger partial charge in [0.1, 0.15) is 11.1 Å². The van der Waals surface area contributed by atoms with Crippen molar-refractivity contribution < 1.29 is 9.53 Å². The summed E-state index contributed by atoms with van der Waals surface area (Å²) < 4.78 is 4.96. The van der Waals surface area contributed by atoms with Gasteiger partial charge in [0.05, 0.1) is 6.54 Å². The molecule has 2 heterocycles. The zero-order valence-corrected chi connectivity index (χ0v) is 8.66. The highest BCUT2D eigenvalue weighted by Gasteiger charge is 2.22. The Morgan fingerprint density at radius 1 is 1.60 bits per heavy atom. The smallest absolute Gasteiger partial charge is 0.407 e. The van der Waals surface area contributed by atoms with Crippen LogP contribution in [0.15, 0.2) is 17.4 Å². The van der Waals surface area contributed by atoms with Crippen LogP contribution < -0.4 is 11.1 Å². The fourth-order valence-corrected chi connectivity index (χ4v) is 2.01. The van der Waals surface area contributed by atoms with Gasteiger partial charge in [-0.05, 0) is 0 Å². The summed E-state index contributed by atoms with van der Waals surface area (Å²) in [7, 11) is 0. The molecule has 7 heteroatoms. The first-order chi connectivity index (χ1) is 7.25. The summed E-state index contributed by atoms with van der Waals surface area (Å²) in [6.07, 6.45) is 2.63. The molecule has 2 rings (SSSR count). The number of anilines is 1. The quantitative estimate of drug-likeness (QED) is 0.718. The number of carbonyl (C=O) groups excluding carboxylic acids is 1. The van der Waals surface area contributed by atoms with Gasteiger partial charge in [0.25, 0.3) is 0 Å². The molecule has 80 valence electrons. The zero-order chi connectivity index (χ0) is 10.7. The molecule has 1 saturated heterocycles. The number of thioether (sulfide) groups is 1. The molecule has 1 unspecified atom stereocenters. The predicted molar refractivity (Wildman–Crippen MR) is 55.4 cm³/mol. The van der Waals surface area contributed by atoms with E-state index in [4.69, 9.17) is 10.5 Å². The van der Waals surface area contributed by atoms with Crippen molar-refractivity contribution in [1.29, 1.82) is 0 Å². The highest BCUT2D eigenvalue weighted by atomic mass is 32.2. The Hall–Kier alpha value is -1.50. The van der Waals surface area contributed by atoms with Crippen molar-refractivity contribution in [1.82, 2.24) is 15.3 Å². The van der Waals surface area contributed by atoms with Crippen LogP contribution in [0.25, 0.3) is 0 Å². The molecule has 1 amide bonds. The van der Waals surface area contributed by atoms with E-state index in [2.05, 4.69) is 15.3 Å². The Bertz CT molecular complexity index is 373. The van der Waals surface area contributed by atoms with E-state index in [1.165, 1.54) is 18.0 Å². The molecule has 1 atom stereocenters. The summed E-state index contributed by atoms with van der Waals surface area (Å²) >= 11 is 1.43. The number of rotatable bonds is 3. The van der Waals surface area contributed by atoms with Gasteiger partial charge in [-0.25, -0.2) is 14.8 Å². The molecule has 0 radical (unpaired) electrons. The molecule has 1 aromatic heterocycles. The Morgan fingerprint density at radius 2 is 2.40 bits per heavy atom. The third kappa shape index (κ3) is 2.50. The summed E-state index contributed by atoms with van der Waals surface area (Å²) in [5.74, 6) is 1.03. The van der Waals surface area contributed by atoms with Gasteiger partial charge in [0.15, 0.2) is 5.82 Å². The number of amides is 1. The average molecular weight is 226 g/mol. The van der Waals surface area contributed by atoms with Crippen LogP contribution in [0, 0.1) is 0 Å². The average Bonchev–Trinajstić information content (AvgIpc) is 2.63. The molecule has 1 aliphatic rings. The van der Waals surface area contributed by atoms with Gasteiger partial charge in [-0.2, -0.15) is 0 Å². The number of aromatic nitrogens is 2. The lowest BCUT2D eigenvalue weighted by Gasteiger charge is -2.07. The van der Waals surface area contributed by atoms with E-state index in [-0.39, 0.29) is 12.2 Å². The summed E-state index contributed by atoms with van der Waals surface area (Å²) in [6.45, 7) is 0.534. The van der Waals surface area contributed by atoms with E-state index >= 15 is 0 Å². The predicted octanol–water partition coefficient (Wildman–Crippen LogP) is 0.259. The minimum absolute atomic E-state index is 0.121. The number of hydrogen-bond donors (Lipinski definition) is 2. The molecule has 0 saturated carbocycles. The Morgan fingerprint density at radius 3 is 3.07 bits per heavy atom. The molecule has 1 aromatic rings. The molecule has 0 aliphatic carbocycles. The molecule has 0 spiro atoms. The molecular formula is C8H10N4O2S. The molecule has 1 aliphatic heterocycles. The van der Waals surface area contributed by atoms with Crippen molar-refractivity contribution >= 4 is 23.7 Å². The lowest BCUT2D eigenvalue weighted by Crippen LogP contribution is -2.16. The number of hydrogen-bond acceptors (Lipinski definition) is 6. The van der Waals surface area contributed by atoms with Crippen molar-refractivity contribution in [3.05, 3.63) is 12.4 Å². The number of nitrogens with one attached hydrogen (secondary N) is 1. The Balaban J connectivity index is 1.88. The van der Waals surface area contributed by atoms with Gasteiger partial charge in [-0.3, -0.25) is 0 Å². The Kier molecular flexibility index (Phi) is 2.91. The van der Waals surface area contributed by atoms with Crippen LogP contribution in [-0.2, 0) is 4.74 Å². The molecular weight excluding hydrogens is 216 g/mol. The second kappa shape index (κ2) is 4.35. The second-order valence-electron chi connectivity index (χ2n) is 2.97. The maximum absolute atomic E-state index is 10.7. The van der Waals surface area contributed by atoms with Crippen LogP contribution >= 0.6 is 11.8 Å². The summed E-state index contributed by atoms with van der Waals surface area (Å²) in [5.41, 5.74) is 5.61. The van der Waals surface area contributed by atoms with Gasteiger partial charge >= 0.3 is 6.09 Å². The van der Waals surface area contributed by atoms with E-state index < -0.39 is 0 Å². The standard InChI is InChI=1S/C8H10N4O2S/c9-6-7(11-2-1-10-6)15-4-5-3-12-8(13)14-5/h1-2,5H,3-4H2,(H2,9,10)(H,12,13). The summed E-state index contributed by atoms with van der Waals surface area (Å²) in [5, 5.41) is 3.25. The number of alkyl carbamates (subject to hydrolysis) is 1. The Labute approximate surface area is 90.6 Å². The molecule has 15 heavy (non-hydrogen) atoms. The SMILES string of the molecule is Nc1nccnc1SCC1CNC(=O)O1. The van der Waals surface area contributed by atoms with Crippen LogP contribution in [0.4, 0.5) is 10.6 Å². The van der Waals surface area contributed by atoms with E-state index in [0.717, 1.165) is 0 Å². The minimum Gasteiger partial charge on any atom is -0.443 e. The number of carbonyl (C=O) groups is 1. The normalized spacial score (nSPS) is 19.7. The minimum atomic E-state index is -0.368. The number of ether oxygens (including phenoxy) is 1. The number of nitrogen functional groups attached to an aromatic ring is 1. The molecule has 3 N–H and O–H groups in total. The summed E-state index contributed by atoms with van der Waals surface area (Å²) in [6, 6.07) is 0. The largest absolute Gasteiger partial charge is 0.443 e. The lowest BCUT2D eigenvalue weighted by atomic mass is 10.4. The lowest BCUT2D eigenvalue weighted by molar-refractivity contribution is 0.150. The first kappa shape index (κ1) is 10.0. The molecule has 1 fully saturated rings. The highest BCUT2D eigenvalue weighted by molar-refractivity contribution is 7.99. The van der Waals surface area contributed by atoms with Gasteiger partial charge in [-0.1, -0.05) is 11.8 Å². The van der Waals surface area contributed by atoms with Crippen molar-refractivity contribution in [3.8, 4) is 0 Å². The van der Waals surface area contributed by atoms with E-state index in [9.17, 15) is 4.79 Å². The van der Waals surface area contributed by atoms with Gasteiger partial charge in [-0.15, -0.1) is 0 Å².